The van der Waals surface area contributed by atoms with E-state index in [9.17, 15) is 5.11 Å². The lowest BCUT2D eigenvalue weighted by atomic mass is 10.3. The summed E-state index contributed by atoms with van der Waals surface area (Å²) in [6.45, 7) is 4.00. The largest absolute Gasteiger partial charge is 0.508 e. The molecule has 0 unspecified atom stereocenters. The summed E-state index contributed by atoms with van der Waals surface area (Å²) in [5.74, 6) is 7.06. The predicted octanol–water partition coefficient (Wildman–Crippen LogP) is 4.53. The normalized spacial score (nSPS) is 9.96. The highest BCUT2D eigenvalue weighted by Crippen LogP contribution is 2.26. The van der Waals surface area contributed by atoms with Crippen molar-refractivity contribution in [1.29, 1.82) is 0 Å². The number of pyridine rings is 1. The Morgan fingerprint density at radius 3 is 2.75 bits per heavy atom. The van der Waals surface area contributed by atoms with E-state index in [1.807, 2.05) is 39.1 Å². The Morgan fingerprint density at radius 2 is 2.04 bits per heavy atom. The van der Waals surface area contributed by atoms with Crippen LogP contribution in [0.25, 0.3) is 16.3 Å². The van der Waals surface area contributed by atoms with Crippen LogP contribution in [-0.2, 0) is 0 Å². The monoisotopic (exact) mass is 337 g/mol. The van der Waals surface area contributed by atoms with Crippen molar-refractivity contribution >= 4 is 33.4 Å². The highest BCUT2D eigenvalue weighted by Gasteiger charge is 2.01. The van der Waals surface area contributed by atoms with Gasteiger partial charge >= 0.3 is 0 Å². The van der Waals surface area contributed by atoms with E-state index in [0.717, 1.165) is 26.6 Å². The summed E-state index contributed by atoms with van der Waals surface area (Å²) in [6, 6.07) is 8.95. The molecule has 0 saturated heterocycles. The van der Waals surface area contributed by atoms with Gasteiger partial charge in [-0.15, -0.1) is 11.3 Å². The fourth-order valence-corrected chi connectivity index (χ4v) is 2.76. The number of phenolic OH excluding ortho intramolecular Hbond substituents is 1. The van der Waals surface area contributed by atoms with E-state index < -0.39 is 0 Å². The Bertz CT molecular complexity index is 886. The Labute approximate surface area is 145 Å². The third kappa shape index (κ3) is 4.58. The van der Waals surface area contributed by atoms with E-state index in [4.69, 9.17) is 0 Å². The summed E-state index contributed by atoms with van der Waals surface area (Å²) in [5.41, 5.74) is 1.74. The molecule has 0 radical (unpaired) electrons. The quantitative estimate of drug-likeness (QED) is 0.675. The molecule has 24 heavy (non-hydrogen) atoms. The SMILES string of the molecule is CC.CNc1ccc(C#C/C=C/c2nc3ccc(O)cc3s2)cn1. The zero-order valence-electron chi connectivity index (χ0n) is 13.9. The van der Waals surface area contributed by atoms with Crippen molar-refractivity contribution in [3.05, 3.63) is 53.2 Å². The summed E-state index contributed by atoms with van der Waals surface area (Å²) >= 11 is 1.52. The molecular weight excluding hydrogens is 318 g/mol. The molecule has 2 N–H and O–H groups in total. The number of aromatic hydroxyl groups is 1. The number of phenols is 1. The van der Waals surface area contributed by atoms with Gasteiger partial charge in [-0.25, -0.2) is 9.97 Å². The molecule has 2 heterocycles. The van der Waals surface area contributed by atoms with Gasteiger partial charge in [-0.3, -0.25) is 0 Å². The van der Waals surface area contributed by atoms with Crippen LogP contribution in [0.15, 0.2) is 42.6 Å². The first-order chi connectivity index (χ1) is 11.7. The third-order valence-corrected chi connectivity index (χ3v) is 3.92. The molecule has 1 aromatic carbocycles. The maximum Gasteiger partial charge on any atom is 0.125 e. The number of hydrogen-bond donors (Lipinski definition) is 2. The summed E-state index contributed by atoms with van der Waals surface area (Å²) in [7, 11) is 1.83. The molecule has 3 rings (SSSR count). The first-order valence-corrected chi connectivity index (χ1v) is 8.48. The van der Waals surface area contributed by atoms with Crippen LogP contribution in [0.3, 0.4) is 0 Å². The highest BCUT2D eigenvalue weighted by atomic mass is 32.1. The maximum absolute atomic E-state index is 9.45. The lowest BCUT2D eigenvalue weighted by molar-refractivity contribution is 0.476. The van der Waals surface area contributed by atoms with Crippen molar-refractivity contribution in [3.8, 4) is 17.6 Å². The molecule has 2 aromatic heterocycles. The van der Waals surface area contributed by atoms with E-state index in [1.54, 1.807) is 30.5 Å². The third-order valence-electron chi connectivity index (χ3n) is 2.93. The van der Waals surface area contributed by atoms with Gasteiger partial charge in [0.25, 0.3) is 0 Å². The van der Waals surface area contributed by atoms with Crippen LogP contribution in [0.4, 0.5) is 5.82 Å². The zero-order chi connectivity index (χ0) is 17.4. The number of benzene rings is 1. The van der Waals surface area contributed by atoms with Gasteiger partial charge in [0.15, 0.2) is 0 Å². The van der Waals surface area contributed by atoms with Gasteiger partial charge in [0, 0.05) is 18.8 Å². The van der Waals surface area contributed by atoms with Crippen LogP contribution in [0.1, 0.15) is 24.4 Å². The molecule has 0 bridgehead atoms. The van der Waals surface area contributed by atoms with Gasteiger partial charge < -0.3 is 10.4 Å². The maximum atomic E-state index is 9.45. The smallest absolute Gasteiger partial charge is 0.125 e. The molecule has 0 atom stereocenters. The van der Waals surface area contributed by atoms with Gasteiger partial charge in [-0.2, -0.15) is 0 Å². The molecule has 0 amide bonds. The second-order valence-electron chi connectivity index (χ2n) is 4.49. The topological polar surface area (TPSA) is 58.0 Å². The van der Waals surface area contributed by atoms with Crippen LogP contribution in [0.2, 0.25) is 0 Å². The van der Waals surface area contributed by atoms with Gasteiger partial charge in [0.05, 0.1) is 10.2 Å². The molecule has 0 saturated carbocycles. The second kappa shape index (κ2) is 8.70. The predicted molar refractivity (Wildman–Crippen MR) is 102 cm³/mol. The van der Waals surface area contributed by atoms with Crippen LogP contribution < -0.4 is 5.32 Å². The van der Waals surface area contributed by atoms with Crippen molar-refractivity contribution in [3.63, 3.8) is 0 Å². The number of hydrogen-bond acceptors (Lipinski definition) is 5. The average Bonchev–Trinajstić information content (AvgIpc) is 3.03. The number of allylic oxidation sites excluding steroid dienone is 1. The van der Waals surface area contributed by atoms with Crippen molar-refractivity contribution in [2.24, 2.45) is 0 Å². The minimum absolute atomic E-state index is 0.254. The van der Waals surface area contributed by atoms with E-state index in [1.165, 1.54) is 11.3 Å². The summed E-state index contributed by atoms with van der Waals surface area (Å²) < 4.78 is 0.958. The minimum atomic E-state index is 0.254. The Hall–Kier alpha value is -2.84. The number of nitrogens with one attached hydrogen (secondary N) is 1. The molecule has 0 aliphatic rings. The number of nitrogens with zero attached hydrogens (tertiary/aromatic N) is 2. The molecule has 4 nitrogen and oxygen atoms in total. The van der Waals surface area contributed by atoms with Crippen LogP contribution in [0, 0.1) is 11.8 Å². The van der Waals surface area contributed by atoms with Crippen molar-refractivity contribution in [2.75, 3.05) is 12.4 Å². The molecular formula is C19H19N3OS. The fraction of sp³-hybridized carbons (Fsp3) is 0.158. The lowest BCUT2D eigenvalue weighted by Crippen LogP contribution is -1.90. The first kappa shape index (κ1) is 17.5. The Kier molecular flexibility index (Phi) is 6.35. The van der Waals surface area contributed by atoms with Gasteiger partial charge in [-0.05, 0) is 42.5 Å². The summed E-state index contributed by atoms with van der Waals surface area (Å²) in [5, 5.41) is 13.3. The number of rotatable bonds is 2. The highest BCUT2D eigenvalue weighted by molar-refractivity contribution is 7.19. The van der Waals surface area contributed by atoms with Crippen molar-refractivity contribution in [1.82, 2.24) is 9.97 Å². The van der Waals surface area contributed by atoms with Crippen molar-refractivity contribution in [2.45, 2.75) is 13.8 Å². The number of anilines is 1. The Balaban J connectivity index is 0.00000100. The van der Waals surface area contributed by atoms with E-state index >= 15 is 0 Å². The number of thiazole rings is 1. The number of aromatic nitrogens is 2. The summed E-state index contributed by atoms with van der Waals surface area (Å²) in [4.78, 5) is 8.65. The molecule has 0 aliphatic heterocycles. The van der Waals surface area contributed by atoms with Gasteiger partial charge in [0.2, 0.25) is 0 Å². The van der Waals surface area contributed by atoms with Crippen LogP contribution in [-0.4, -0.2) is 22.1 Å². The van der Waals surface area contributed by atoms with Gasteiger partial charge in [-0.1, -0.05) is 25.7 Å². The molecule has 0 aliphatic carbocycles. The average molecular weight is 337 g/mol. The zero-order valence-corrected chi connectivity index (χ0v) is 14.7. The minimum Gasteiger partial charge on any atom is -0.508 e. The van der Waals surface area contributed by atoms with Crippen molar-refractivity contribution < 1.29 is 5.11 Å². The van der Waals surface area contributed by atoms with E-state index in [-0.39, 0.29) is 5.75 Å². The molecule has 0 fully saturated rings. The Morgan fingerprint density at radius 1 is 1.21 bits per heavy atom. The second-order valence-corrected chi connectivity index (χ2v) is 5.55. The summed E-state index contributed by atoms with van der Waals surface area (Å²) in [6.07, 6.45) is 5.36. The molecule has 122 valence electrons. The van der Waals surface area contributed by atoms with E-state index in [2.05, 4.69) is 27.1 Å². The molecule has 5 heteroatoms. The lowest BCUT2D eigenvalue weighted by Gasteiger charge is -1.96. The number of fused-ring (bicyclic) bond motifs is 1. The standard InChI is InChI=1S/C17H13N3OS.C2H6/c1-18-16-9-6-12(11-19-16)4-2-3-5-17-20-14-8-7-13(21)10-15(14)22-17;1-2/h3,5-11,21H,1H3,(H,18,19);1-2H3/b5-3+;. The molecule has 0 spiro atoms. The van der Waals surface area contributed by atoms with Crippen LogP contribution >= 0.6 is 11.3 Å². The van der Waals surface area contributed by atoms with Crippen LogP contribution in [0.5, 0.6) is 5.75 Å². The molecule has 3 aromatic rings. The van der Waals surface area contributed by atoms with E-state index in [0.29, 0.717) is 0 Å². The first-order valence-electron chi connectivity index (χ1n) is 7.66. The van der Waals surface area contributed by atoms with Gasteiger partial charge in [0.1, 0.15) is 16.6 Å². The fourth-order valence-electron chi connectivity index (χ4n) is 1.86.